The van der Waals surface area contributed by atoms with Crippen LogP contribution in [0, 0.1) is 0 Å². The zero-order valence-electron chi connectivity index (χ0n) is 11.7. The lowest BCUT2D eigenvalue weighted by Gasteiger charge is -2.03. The highest BCUT2D eigenvalue weighted by atomic mass is 19.1. The van der Waals surface area contributed by atoms with E-state index in [4.69, 9.17) is 14.2 Å². The molecule has 18 heavy (non-hydrogen) atoms. The van der Waals surface area contributed by atoms with Gasteiger partial charge in [0.25, 0.3) is 0 Å². The first kappa shape index (κ1) is 15.9. The number of unbranched alkanes of at least 4 members (excludes halogenated alkanes) is 1. The van der Waals surface area contributed by atoms with Gasteiger partial charge in [-0.3, -0.25) is 0 Å². The van der Waals surface area contributed by atoms with Crippen molar-refractivity contribution >= 4 is 0 Å². The zero-order valence-corrected chi connectivity index (χ0v) is 11.7. The summed E-state index contributed by atoms with van der Waals surface area (Å²) in [5.74, 6) is 0. The molecule has 2 fully saturated rings. The molecule has 3 atom stereocenters. The van der Waals surface area contributed by atoms with Crippen molar-refractivity contribution in [2.75, 3.05) is 26.4 Å². The van der Waals surface area contributed by atoms with Crippen molar-refractivity contribution in [3.05, 3.63) is 0 Å². The van der Waals surface area contributed by atoms with Gasteiger partial charge in [0.2, 0.25) is 0 Å². The Morgan fingerprint density at radius 2 is 1.61 bits per heavy atom. The van der Waals surface area contributed by atoms with Crippen LogP contribution in [-0.4, -0.2) is 44.8 Å². The molecule has 108 valence electrons. The molecule has 3 unspecified atom stereocenters. The van der Waals surface area contributed by atoms with Gasteiger partial charge in [-0.05, 0) is 12.8 Å². The summed E-state index contributed by atoms with van der Waals surface area (Å²) in [6.07, 6.45) is 4.91. The van der Waals surface area contributed by atoms with Crippen LogP contribution < -0.4 is 0 Å². The Kier molecular flexibility index (Phi) is 8.55. The van der Waals surface area contributed by atoms with E-state index in [1.165, 1.54) is 0 Å². The Bertz CT molecular complexity index is 181. The molecule has 0 aromatic heterocycles. The Balaban J connectivity index is 0.000000180. The topological polar surface area (TPSA) is 34.3 Å². The van der Waals surface area contributed by atoms with Crippen LogP contribution in [0.1, 0.15) is 46.0 Å². The number of alkyl halides is 1. The van der Waals surface area contributed by atoms with Gasteiger partial charge in [0.15, 0.2) is 0 Å². The van der Waals surface area contributed by atoms with Gasteiger partial charge in [0.05, 0.1) is 26.4 Å². The summed E-state index contributed by atoms with van der Waals surface area (Å²) >= 11 is 0. The number of epoxide rings is 2. The van der Waals surface area contributed by atoms with E-state index in [1.54, 1.807) is 0 Å². The maximum absolute atomic E-state index is 12.6. The normalized spacial score (nSPS) is 26.2. The number of ether oxygens (including phenoxy) is 3. The van der Waals surface area contributed by atoms with Gasteiger partial charge in [0.1, 0.15) is 18.4 Å². The number of hydrogen-bond acceptors (Lipinski definition) is 3. The largest absolute Gasteiger partial charge is 0.376 e. The molecule has 0 radical (unpaired) electrons. The fourth-order valence-electron chi connectivity index (χ4n) is 1.54. The van der Waals surface area contributed by atoms with Crippen LogP contribution >= 0.6 is 0 Å². The number of hydrogen-bond donors (Lipinski definition) is 0. The van der Waals surface area contributed by atoms with Gasteiger partial charge in [-0.1, -0.05) is 33.1 Å². The summed E-state index contributed by atoms with van der Waals surface area (Å²) in [6.45, 7) is 7.38. The average Bonchev–Trinajstić information content (AvgIpc) is 3.21. The van der Waals surface area contributed by atoms with Gasteiger partial charge in [-0.2, -0.15) is 0 Å². The van der Waals surface area contributed by atoms with Gasteiger partial charge in [-0.25, -0.2) is 4.39 Å². The molecule has 2 aliphatic rings. The van der Waals surface area contributed by atoms with Crippen molar-refractivity contribution in [3.8, 4) is 0 Å². The number of halogens is 1. The quantitative estimate of drug-likeness (QED) is 0.599. The molecule has 0 amide bonds. The Morgan fingerprint density at radius 1 is 1.06 bits per heavy atom. The van der Waals surface area contributed by atoms with Gasteiger partial charge in [0, 0.05) is 0 Å². The molecule has 0 bridgehead atoms. The predicted molar refractivity (Wildman–Crippen MR) is 69.6 cm³/mol. The van der Waals surface area contributed by atoms with Gasteiger partial charge < -0.3 is 14.2 Å². The molecular formula is C14H27FO3. The molecule has 0 N–H and O–H groups in total. The summed E-state index contributed by atoms with van der Waals surface area (Å²) in [5, 5.41) is 0. The first-order valence-corrected chi connectivity index (χ1v) is 7.21. The van der Waals surface area contributed by atoms with Gasteiger partial charge >= 0.3 is 0 Å². The van der Waals surface area contributed by atoms with E-state index in [9.17, 15) is 4.39 Å². The van der Waals surface area contributed by atoms with Gasteiger partial charge in [-0.15, -0.1) is 0 Å². The van der Waals surface area contributed by atoms with Crippen LogP contribution in [0.4, 0.5) is 4.39 Å². The maximum atomic E-state index is 12.6. The Labute approximate surface area is 110 Å². The van der Waals surface area contributed by atoms with Crippen LogP contribution in [0.3, 0.4) is 0 Å². The lowest BCUT2D eigenvalue weighted by Crippen LogP contribution is -2.06. The summed E-state index contributed by atoms with van der Waals surface area (Å²) in [5.41, 5.74) is 0. The van der Waals surface area contributed by atoms with E-state index < -0.39 is 6.17 Å². The van der Waals surface area contributed by atoms with Crippen LogP contribution in [-0.2, 0) is 14.2 Å². The second-order valence-electron chi connectivity index (χ2n) is 4.98. The molecule has 2 saturated heterocycles. The minimum Gasteiger partial charge on any atom is -0.376 e. The lowest BCUT2D eigenvalue weighted by molar-refractivity contribution is 0.102. The fourth-order valence-corrected chi connectivity index (χ4v) is 1.54. The monoisotopic (exact) mass is 262 g/mol. The molecule has 3 nitrogen and oxygen atoms in total. The highest BCUT2D eigenvalue weighted by Crippen LogP contribution is 2.12. The molecular weight excluding hydrogens is 235 g/mol. The third-order valence-corrected chi connectivity index (χ3v) is 2.89. The van der Waals surface area contributed by atoms with Crippen molar-refractivity contribution in [1.29, 1.82) is 0 Å². The Hall–Kier alpha value is -0.190. The van der Waals surface area contributed by atoms with Crippen LogP contribution in [0.15, 0.2) is 0 Å². The fraction of sp³-hybridized carbons (Fsp3) is 1.00. The molecule has 0 aromatic carbocycles. The molecule has 2 heterocycles. The molecule has 0 saturated carbocycles. The van der Waals surface area contributed by atoms with E-state index in [1.807, 2.05) is 6.92 Å². The molecule has 0 aromatic rings. The Morgan fingerprint density at radius 3 is 2.00 bits per heavy atom. The van der Waals surface area contributed by atoms with Crippen LogP contribution in [0.5, 0.6) is 0 Å². The minimum absolute atomic E-state index is 0.392. The zero-order chi connectivity index (χ0) is 13.2. The summed E-state index contributed by atoms with van der Waals surface area (Å²) < 4.78 is 27.7. The van der Waals surface area contributed by atoms with Crippen molar-refractivity contribution in [1.82, 2.24) is 0 Å². The van der Waals surface area contributed by atoms with Crippen molar-refractivity contribution in [2.45, 2.75) is 64.3 Å². The van der Waals surface area contributed by atoms with E-state index in [0.29, 0.717) is 12.2 Å². The second-order valence-corrected chi connectivity index (χ2v) is 4.98. The van der Waals surface area contributed by atoms with Crippen molar-refractivity contribution < 1.29 is 18.6 Å². The SMILES string of the molecule is C(OCC1CO1)C1CO1.CCCCC(F)CCC. The van der Waals surface area contributed by atoms with Crippen molar-refractivity contribution in [2.24, 2.45) is 0 Å². The first-order chi connectivity index (χ1) is 8.76. The molecule has 0 aliphatic carbocycles. The van der Waals surface area contributed by atoms with E-state index >= 15 is 0 Å². The molecule has 2 aliphatic heterocycles. The second kappa shape index (κ2) is 9.70. The first-order valence-electron chi connectivity index (χ1n) is 7.21. The van der Waals surface area contributed by atoms with Crippen molar-refractivity contribution in [3.63, 3.8) is 0 Å². The minimum atomic E-state index is -0.532. The summed E-state index contributed by atoms with van der Waals surface area (Å²) in [6, 6.07) is 0. The average molecular weight is 262 g/mol. The smallest absolute Gasteiger partial charge is 0.104 e. The standard InChI is InChI=1S/C8H17F.C6H10O3/c1-3-5-7-8(9)6-4-2;1(5-3-8-5)7-2-6-4-9-6/h8H,3-7H2,1-2H3;5-6H,1-4H2. The lowest BCUT2D eigenvalue weighted by atomic mass is 10.1. The van der Waals surface area contributed by atoms with E-state index in [0.717, 1.165) is 58.5 Å². The highest BCUT2D eigenvalue weighted by Gasteiger charge is 2.26. The van der Waals surface area contributed by atoms with Crippen LogP contribution in [0.25, 0.3) is 0 Å². The highest BCUT2D eigenvalue weighted by molar-refractivity contribution is 4.71. The molecule has 2 rings (SSSR count). The maximum Gasteiger partial charge on any atom is 0.104 e. The van der Waals surface area contributed by atoms with E-state index in [-0.39, 0.29) is 0 Å². The summed E-state index contributed by atoms with van der Waals surface area (Å²) in [4.78, 5) is 0. The number of rotatable bonds is 9. The summed E-state index contributed by atoms with van der Waals surface area (Å²) in [7, 11) is 0. The molecule has 4 heteroatoms. The van der Waals surface area contributed by atoms with Crippen LogP contribution in [0.2, 0.25) is 0 Å². The predicted octanol–water partition coefficient (Wildman–Crippen LogP) is 3.12. The third kappa shape index (κ3) is 9.80. The third-order valence-electron chi connectivity index (χ3n) is 2.89. The molecule has 0 spiro atoms. The van der Waals surface area contributed by atoms with E-state index in [2.05, 4.69) is 6.92 Å².